The maximum Gasteiger partial charge on any atom is 0.271 e. The topological polar surface area (TPSA) is 55.2 Å². The number of nitro groups is 1. The predicted molar refractivity (Wildman–Crippen MR) is 68.2 cm³/mol. The summed E-state index contributed by atoms with van der Waals surface area (Å²) >= 11 is 0. The summed E-state index contributed by atoms with van der Waals surface area (Å²) in [5.74, 6) is -0.426. The van der Waals surface area contributed by atoms with Gasteiger partial charge < -0.3 is 5.32 Å². The average molecular weight is 252 g/mol. The Labute approximate surface area is 105 Å². The minimum absolute atomic E-state index is 0.0764. The fourth-order valence-corrected chi connectivity index (χ4v) is 2.38. The van der Waals surface area contributed by atoms with Gasteiger partial charge in [0.25, 0.3) is 5.69 Å². The first-order chi connectivity index (χ1) is 8.66. The van der Waals surface area contributed by atoms with Gasteiger partial charge >= 0.3 is 0 Å². The summed E-state index contributed by atoms with van der Waals surface area (Å²) in [5.41, 5.74) is 0.170. The van der Waals surface area contributed by atoms with Gasteiger partial charge in [0.2, 0.25) is 0 Å². The van der Waals surface area contributed by atoms with Gasteiger partial charge in [-0.15, -0.1) is 0 Å². The highest BCUT2D eigenvalue weighted by molar-refractivity contribution is 5.52. The fraction of sp³-hybridized carbons (Fsp3) is 0.538. The lowest BCUT2D eigenvalue weighted by Crippen LogP contribution is -2.19. The molecule has 1 aromatic carbocycles. The van der Waals surface area contributed by atoms with Crippen LogP contribution in [-0.4, -0.2) is 11.0 Å². The molecule has 4 nitrogen and oxygen atoms in total. The number of hydrogen-bond acceptors (Lipinski definition) is 3. The van der Waals surface area contributed by atoms with Gasteiger partial charge in [-0.2, -0.15) is 0 Å². The van der Waals surface area contributed by atoms with Crippen LogP contribution in [0.25, 0.3) is 0 Å². The van der Waals surface area contributed by atoms with Crippen molar-refractivity contribution in [2.75, 3.05) is 5.32 Å². The summed E-state index contributed by atoms with van der Waals surface area (Å²) in [5, 5.41) is 13.8. The monoisotopic (exact) mass is 252 g/mol. The maximum absolute atomic E-state index is 13.6. The third-order valence-electron chi connectivity index (χ3n) is 3.38. The van der Waals surface area contributed by atoms with Crippen LogP contribution in [0.5, 0.6) is 0 Å². The van der Waals surface area contributed by atoms with Gasteiger partial charge in [-0.1, -0.05) is 25.7 Å². The third kappa shape index (κ3) is 3.18. The molecular weight excluding hydrogens is 235 g/mol. The Balaban J connectivity index is 2.11. The number of non-ortho nitro benzene ring substituents is 1. The Morgan fingerprint density at radius 3 is 2.50 bits per heavy atom. The maximum atomic E-state index is 13.6. The van der Waals surface area contributed by atoms with Crippen LogP contribution in [0, 0.1) is 15.9 Å². The number of nitrogens with one attached hydrogen (secondary N) is 1. The standard InChI is InChI=1S/C13H17FN2O2/c14-12-8-7-11(16(17)18)9-13(12)15-10-5-3-1-2-4-6-10/h7-10,15H,1-6H2. The van der Waals surface area contributed by atoms with Crippen LogP contribution >= 0.6 is 0 Å². The lowest BCUT2D eigenvalue weighted by Gasteiger charge is -2.17. The van der Waals surface area contributed by atoms with E-state index in [0.717, 1.165) is 31.7 Å². The molecule has 0 unspecified atom stereocenters. The van der Waals surface area contributed by atoms with Gasteiger partial charge in [0, 0.05) is 18.2 Å². The second kappa shape index (κ2) is 5.80. The van der Waals surface area contributed by atoms with Crippen LogP contribution in [0.2, 0.25) is 0 Å². The van der Waals surface area contributed by atoms with Crippen LogP contribution in [0.1, 0.15) is 38.5 Å². The van der Waals surface area contributed by atoms with E-state index in [1.165, 1.54) is 25.0 Å². The summed E-state index contributed by atoms with van der Waals surface area (Å²) in [6.07, 6.45) is 6.71. The van der Waals surface area contributed by atoms with Crippen molar-refractivity contribution in [3.05, 3.63) is 34.1 Å². The average Bonchev–Trinajstić information content (AvgIpc) is 2.60. The first-order valence-electron chi connectivity index (χ1n) is 6.37. The zero-order valence-corrected chi connectivity index (χ0v) is 10.2. The van der Waals surface area contributed by atoms with Crippen molar-refractivity contribution >= 4 is 11.4 Å². The molecule has 0 bridgehead atoms. The third-order valence-corrected chi connectivity index (χ3v) is 3.38. The van der Waals surface area contributed by atoms with Crippen molar-refractivity contribution in [2.24, 2.45) is 0 Å². The van der Waals surface area contributed by atoms with Gasteiger partial charge in [-0.3, -0.25) is 10.1 Å². The van der Waals surface area contributed by atoms with E-state index in [2.05, 4.69) is 5.32 Å². The highest BCUT2D eigenvalue weighted by Gasteiger charge is 2.16. The van der Waals surface area contributed by atoms with E-state index in [-0.39, 0.29) is 17.4 Å². The van der Waals surface area contributed by atoms with Crippen molar-refractivity contribution in [1.82, 2.24) is 0 Å². The molecule has 5 heteroatoms. The van der Waals surface area contributed by atoms with Crippen molar-refractivity contribution in [3.63, 3.8) is 0 Å². The molecule has 0 atom stereocenters. The Bertz CT molecular complexity index is 429. The Kier molecular flexibility index (Phi) is 4.12. The van der Waals surface area contributed by atoms with E-state index >= 15 is 0 Å². The number of anilines is 1. The minimum atomic E-state index is -0.502. The summed E-state index contributed by atoms with van der Waals surface area (Å²) < 4.78 is 13.6. The molecule has 18 heavy (non-hydrogen) atoms. The zero-order chi connectivity index (χ0) is 13.0. The molecule has 1 aliphatic carbocycles. The van der Waals surface area contributed by atoms with E-state index < -0.39 is 10.7 Å². The summed E-state index contributed by atoms with van der Waals surface area (Å²) in [4.78, 5) is 10.2. The molecule has 0 radical (unpaired) electrons. The molecule has 98 valence electrons. The lowest BCUT2D eigenvalue weighted by molar-refractivity contribution is -0.384. The number of hydrogen-bond donors (Lipinski definition) is 1. The largest absolute Gasteiger partial charge is 0.380 e. The van der Waals surface area contributed by atoms with Gasteiger partial charge in [-0.05, 0) is 18.9 Å². The predicted octanol–water partition coefficient (Wildman–Crippen LogP) is 3.87. The molecule has 0 aliphatic heterocycles. The number of nitrogens with zero attached hydrogens (tertiary/aromatic N) is 1. The van der Waals surface area contributed by atoms with Gasteiger partial charge in [-0.25, -0.2) is 4.39 Å². The molecule has 1 saturated carbocycles. The van der Waals surface area contributed by atoms with E-state index in [0.29, 0.717) is 0 Å². The molecule has 0 heterocycles. The molecule has 0 spiro atoms. The first-order valence-corrected chi connectivity index (χ1v) is 6.37. The van der Waals surface area contributed by atoms with E-state index in [1.807, 2.05) is 0 Å². The Hall–Kier alpha value is -1.65. The van der Waals surface area contributed by atoms with Crippen molar-refractivity contribution in [3.8, 4) is 0 Å². The molecule has 1 aromatic rings. The molecule has 1 aliphatic rings. The van der Waals surface area contributed by atoms with Gasteiger partial charge in [0.05, 0.1) is 10.6 Å². The van der Waals surface area contributed by atoms with Crippen molar-refractivity contribution in [2.45, 2.75) is 44.6 Å². The lowest BCUT2D eigenvalue weighted by atomic mass is 10.1. The summed E-state index contributed by atoms with van der Waals surface area (Å²) in [6.45, 7) is 0. The second-order valence-electron chi connectivity index (χ2n) is 4.75. The normalized spacial score (nSPS) is 17.2. The SMILES string of the molecule is O=[N+]([O-])c1ccc(F)c(NC2CCCCCC2)c1. The molecule has 0 saturated heterocycles. The highest BCUT2D eigenvalue weighted by atomic mass is 19.1. The molecule has 0 aromatic heterocycles. The van der Waals surface area contributed by atoms with E-state index in [4.69, 9.17) is 0 Å². The zero-order valence-electron chi connectivity index (χ0n) is 10.2. The molecule has 0 amide bonds. The van der Waals surface area contributed by atoms with Crippen molar-refractivity contribution in [1.29, 1.82) is 0 Å². The Morgan fingerprint density at radius 2 is 1.89 bits per heavy atom. The van der Waals surface area contributed by atoms with E-state index in [1.54, 1.807) is 0 Å². The highest BCUT2D eigenvalue weighted by Crippen LogP contribution is 2.25. The van der Waals surface area contributed by atoms with Crippen LogP contribution in [0.4, 0.5) is 15.8 Å². The molecule has 1 N–H and O–H groups in total. The fourth-order valence-electron chi connectivity index (χ4n) is 2.38. The van der Waals surface area contributed by atoms with Gasteiger partial charge in [0.15, 0.2) is 0 Å². The van der Waals surface area contributed by atoms with Crippen LogP contribution in [0.15, 0.2) is 18.2 Å². The Morgan fingerprint density at radius 1 is 1.22 bits per heavy atom. The quantitative estimate of drug-likeness (QED) is 0.504. The van der Waals surface area contributed by atoms with Crippen LogP contribution in [0.3, 0.4) is 0 Å². The first kappa shape index (κ1) is 12.8. The van der Waals surface area contributed by atoms with Crippen molar-refractivity contribution < 1.29 is 9.31 Å². The summed E-state index contributed by atoms with van der Waals surface area (Å²) in [6, 6.07) is 3.84. The number of benzene rings is 1. The minimum Gasteiger partial charge on any atom is -0.380 e. The molecular formula is C13H17FN2O2. The summed E-state index contributed by atoms with van der Waals surface area (Å²) in [7, 11) is 0. The number of rotatable bonds is 3. The van der Waals surface area contributed by atoms with Crippen LogP contribution < -0.4 is 5.32 Å². The second-order valence-corrected chi connectivity index (χ2v) is 4.75. The molecule has 2 rings (SSSR count). The smallest absolute Gasteiger partial charge is 0.271 e. The van der Waals surface area contributed by atoms with Gasteiger partial charge in [0.1, 0.15) is 5.82 Å². The molecule has 1 fully saturated rings. The number of halogens is 1. The van der Waals surface area contributed by atoms with Crippen LogP contribution in [-0.2, 0) is 0 Å². The van der Waals surface area contributed by atoms with E-state index in [9.17, 15) is 14.5 Å². The number of nitro benzene ring substituents is 1.